The first-order valence-corrected chi connectivity index (χ1v) is 9.46. The molecule has 146 valence electrons. The number of hydrogen-bond donors (Lipinski definition) is 1. The van der Waals surface area contributed by atoms with Crippen LogP contribution in [0.5, 0.6) is 11.5 Å². The van der Waals surface area contributed by atoms with Gasteiger partial charge in [0.2, 0.25) is 0 Å². The largest absolute Gasteiger partial charge is 0.493 e. The summed E-state index contributed by atoms with van der Waals surface area (Å²) in [5.74, 6) is 2.14. The SMILES string of the molecule is COc1cc2cnnc(N3CCC(O)(c4ccc(C)cc4)CC3)c2cc1OC. The first-order valence-electron chi connectivity index (χ1n) is 9.46. The van der Waals surface area contributed by atoms with Crippen molar-refractivity contribution in [2.75, 3.05) is 32.2 Å². The van der Waals surface area contributed by atoms with Crippen LogP contribution >= 0.6 is 0 Å². The fourth-order valence-electron chi connectivity index (χ4n) is 3.87. The number of aryl methyl sites for hydroxylation is 1. The summed E-state index contributed by atoms with van der Waals surface area (Å²) >= 11 is 0. The molecule has 0 aliphatic carbocycles. The van der Waals surface area contributed by atoms with E-state index in [1.807, 2.05) is 24.3 Å². The molecule has 6 nitrogen and oxygen atoms in total. The maximum Gasteiger partial charge on any atom is 0.161 e. The lowest BCUT2D eigenvalue weighted by atomic mass is 9.84. The highest BCUT2D eigenvalue weighted by atomic mass is 16.5. The van der Waals surface area contributed by atoms with Crippen LogP contribution in [-0.4, -0.2) is 42.6 Å². The van der Waals surface area contributed by atoms with Gasteiger partial charge in [0.25, 0.3) is 0 Å². The highest BCUT2D eigenvalue weighted by Gasteiger charge is 2.34. The van der Waals surface area contributed by atoms with Crippen LogP contribution in [0.3, 0.4) is 0 Å². The molecule has 6 heteroatoms. The third-order valence-electron chi connectivity index (χ3n) is 5.62. The van der Waals surface area contributed by atoms with Crippen molar-refractivity contribution < 1.29 is 14.6 Å². The van der Waals surface area contributed by atoms with Gasteiger partial charge in [0, 0.05) is 23.9 Å². The predicted molar refractivity (Wildman–Crippen MR) is 109 cm³/mol. The second kappa shape index (κ2) is 7.28. The van der Waals surface area contributed by atoms with Crippen molar-refractivity contribution >= 4 is 16.6 Å². The monoisotopic (exact) mass is 379 g/mol. The molecule has 0 saturated carbocycles. The molecular formula is C22H25N3O3. The molecule has 2 heterocycles. The van der Waals surface area contributed by atoms with E-state index < -0.39 is 5.60 Å². The highest BCUT2D eigenvalue weighted by molar-refractivity contribution is 5.94. The molecule has 0 atom stereocenters. The lowest BCUT2D eigenvalue weighted by Gasteiger charge is -2.39. The molecule has 1 aromatic heterocycles. The van der Waals surface area contributed by atoms with E-state index in [-0.39, 0.29) is 0 Å². The Morgan fingerprint density at radius 2 is 1.64 bits per heavy atom. The maximum absolute atomic E-state index is 11.2. The topological polar surface area (TPSA) is 67.7 Å². The highest BCUT2D eigenvalue weighted by Crippen LogP contribution is 2.38. The fourth-order valence-corrected chi connectivity index (χ4v) is 3.87. The Bertz CT molecular complexity index is 980. The number of piperidine rings is 1. The van der Waals surface area contributed by atoms with Gasteiger partial charge in [0.1, 0.15) is 0 Å². The van der Waals surface area contributed by atoms with Gasteiger partial charge in [-0.25, -0.2) is 0 Å². The Morgan fingerprint density at radius 3 is 2.29 bits per heavy atom. The number of aromatic nitrogens is 2. The van der Waals surface area contributed by atoms with Gasteiger partial charge in [-0.05, 0) is 37.5 Å². The zero-order valence-corrected chi connectivity index (χ0v) is 16.5. The van der Waals surface area contributed by atoms with Crippen molar-refractivity contribution in [3.05, 3.63) is 53.7 Å². The van der Waals surface area contributed by atoms with Crippen LogP contribution in [0, 0.1) is 6.92 Å². The van der Waals surface area contributed by atoms with Crippen LogP contribution in [0.25, 0.3) is 10.8 Å². The summed E-state index contributed by atoms with van der Waals surface area (Å²) in [7, 11) is 3.25. The molecule has 0 radical (unpaired) electrons. The molecule has 1 N–H and O–H groups in total. The smallest absolute Gasteiger partial charge is 0.161 e. The van der Waals surface area contributed by atoms with E-state index in [2.05, 4.69) is 34.2 Å². The van der Waals surface area contributed by atoms with Crippen molar-refractivity contribution in [1.29, 1.82) is 0 Å². The maximum atomic E-state index is 11.2. The van der Waals surface area contributed by atoms with Crippen LogP contribution in [-0.2, 0) is 5.60 Å². The average Bonchev–Trinajstić information content (AvgIpc) is 2.73. The summed E-state index contributed by atoms with van der Waals surface area (Å²) in [4.78, 5) is 2.18. The number of methoxy groups -OCH3 is 2. The normalized spacial score (nSPS) is 16.2. The van der Waals surface area contributed by atoms with E-state index in [1.165, 1.54) is 5.56 Å². The van der Waals surface area contributed by atoms with Gasteiger partial charge in [-0.15, -0.1) is 5.10 Å². The van der Waals surface area contributed by atoms with E-state index >= 15 is 0 Å². The number of rotatable bonds is 4. The number of fused-ring (bicyclic) bond motifs is 1. The molecule has 1 saturated heterocycles. The third-order valence-corrected chi connectivity index (χ3v) is 5.62. The Kier molecular flexibility index (Phi) is 4.81. The minimum absolute atomic E-state index is 0.640. The number of hydrogen-bond acceptors (Lipinski definition) is 6. The van der Waals surface area contributed by atoms with E-state index in [0.29, 0.717) is 37.4 Å². The number of nitrogens with zero attached hydrogens (tertiary/aromatic N) is 3. The van der Waals surface area contributed by atoms with Gasteiger partial charge >= 0.3 is 0 Å². The van der Waals surface area contributed by atoms with Crippen molar-refractivity contribution in [1.82, 2.24) is 10.2 Å². The molecule has 0 bridgehead atoms. The molecule has 0 spiro atoms. The standard InChI is InChI=1S/C22H25N3O3/c1-15-4-6-17(7-5-15)22(26)8-10-25(11-9-22)21-18-13-20(28-3)19(27-2)12-16(18)14-23-24-21/h4-7,12-14,26H,8-11H2,1-3H3. The van der Waals surface area contributed by atoms with Gasteiger partial charge in [-0.2, -0.15) is 5.10 Å². The van der Waals surface area contributed by atoms with E-state index in [0.717, 1.165) is 22.2 Å². The molecular weight excluding hydrogens is 354 g/mol. The summed E-state index contributed by atoms with van der Waals surface area (Å²) in [6.07, 6.45) is 3.01. The molecule has 0 unspecified atom stereocenters. The Balaban J connectivity index is 1.62. The van der Waals surface area contributed by atoms with Crippen molar-refractivity contribution in [3.8, 4) is 11.5 Å². The van der Waals surface area contributed by atoms with Crippen LogP contribution in [0.1, 0.15) is 24.0 Å². The molecule has 1 fully saturated rings. The molecule has 1 aliphatic rings. The second-order valence-electron chi connectivity index (χ2n) is 7.35. The summed E-state index contributed by atoms with van der Waals surface area (Å²) in [6, 6.07) is 12.0. The Hall–Kier alpha value is -2.86. The lowest BCUT2D eigenvalue weighted by molar-refractivity contribution is 0.0117. The zero-order valence-electron chi connectivity index (χ0n) is 16.5. The van der Waals surface area contributed by atoms with Crippen LogP contribution in [0.2, 0.25) is 0 Å². The van der Waals surface area contributed by atoms with Crippen molar-refractivity contribution in [2.45, 2.75) is 25.4 Å². The van der Waals surface area contributed by atoms with Gasteiger partial charge < -0.3 is 19.5 Å². The summed E-state index contributed by atoms with van der Waals surface area (Å²) in [5, 5.41) is 21.6. The fraction of sp³-hybridized carbons (Fsp3) is 0.364. The van der Waals surface area contributed by atoms with Crippen LogP contribution < -0.4 is 14.4 Å². The van der Waals surface area contributed by atoms with E-state index in [1.54, 1.807) is 20.4 Å². The minimum atomic E-state index is -0.802. The summed E-state index contributed by atoms with van der Waals surface area (Å²) < 4.78 is 10.8. The lowest BCUT2D eigenvalue weighted by Crippen LogP contribution is -2.43. The molecule has 0 amide bonds. The van der Waals surface area contributed by atoms with Gasteiger partial charge in [0.15, 0.2) is 17.3 Å². The van der Waals surface area contributed by atoms with Gasteiger partial charge in [0.05, 0.1) is 26.0 Å². The molecule has 28 heavy (non-hydrogen) atoms. The number of aliphatic hydroxyl groups is 1. The number of benzene rings is 2. The molecule has 1 aliphatic heterocycles. The van der Waals surface area contributed by atoms with Crippen LogP contribution in [0.4, 0.5) is 5.82 Å². The zero-order chi connectivity index (χ0) is 19.7. The Labute approximate surface area is 164 Å². The summed E-state index contributed by atoms with van der Waals surface area (Å²) in [6.45, 7) is 3.46. The third kappa shape index (κ3) is 3.24. The number of anilines is 1. The Morgan fingerprint density at radius 1 is 1.00 bits per heavy atom. The molecule has 3 aromatic rings. The van der Waals surface area contributed by atoms with Gasteiger partial charge in [-0.3, -0.25) is 0 Å². The van der Waals surface area contributed by atoms with Crippen molar-refractivity contribution in [3.63, 3.8) is 0 Å². The predicted octanol–water partition coefficient (Wildman–Crippen LogP) is 3.44. The molecule has 2 aromatic carbocycles. The van der Waals surface area contributed by atoms with Crippen LogP contribution in [0.15, 0.2) is 42.6 Å². The average molecular weight is 379 g/mol. The first-order chi connectivity index (χ1) is 13.5. The second-order valence-corrected chi connectivity index (χ2v) is 7.35. The molecule has 4 rings (SSSR count). The first kappa shape index (κ1) is 18.5. The van der Waals surface area contributed by atoms with Crippen molar-refractivity contribution in [2.24, 2.45) is 0 Å². The summed E-state index contributed by atoms with van der Waals surface area (Å²) in [5.41, 5.74) is 1.37. The number of ether oxygens (including phenoxy) is 2. The quantitative estimate of drug-likeness (QED) is 0.749. The van der Waals surface area contributed by atoms with E-state index in [4.69, 9.17) is 9.47 Å². The minimum Gasteiger partial charge on any atom is -0.493 e. The van der Waals surface area contributed by atoms with Gasteiger partial charge in [-0.1, -0.05) is 29.8 Å². The van der Waals surface area contributed by atoms with E-state index in [9.17, 15) is 5.11 Å².